The molecule has 2 N–H and O–H groups in total. The molecule has 126 valence electrons. The van der Waals surface area contributed by atoms with E-state index in [-0.39, 0.29) is 23.4 Å². The molecule has 2 unspecified atom stereocenters. The number of aliphatic hydroxyl groups is 1. The molecule has 2 atom stereocenters. The topological polar surface area (TPSA) is 70.4 Å². The standard InChI is InChI=1S/C17H29NO3S/c1-4-21-17(18)8-6-7-14-15(19)10-13(11-16(14)20)9-12(3)22-5-2/h12-13,18-19H,4-11H2,1-3H3. The maximum Gasteiger partial charge on any atom is 0.180 e. The zero-order valence-electron chi connectivity index (χ0n) is 14.0. The molecule has 0 amide bonds. The van der Waals surface area contributed by atoms with Crippen molar-refractivity contribution >= 4 is 23.4 Å². The second-order valence-corrected chi connectivity index (χ2v) is 7.55. The SMILES string of the molecule is CCOC(=N)CCCC1=C(O)CC(CC(C)SCC)CC1=O. The molecule has 0 aromatic carbocycles. The van der Waals surface area contributed by atoms with Crippen LogP contribution in [0.25, 0.3) is 0 Å². The number of rotatable bonds is 9. The molecule has 0 saturated heterocycles. The minimum atomic E-state index is 0.0883. The predicted molar refractivity (Wildman–Crippen MR) is 92.8 cm³/mol. The predicted octanol–water partition coefficient (Wildman–Crippen LogP) is 4.49. The molecule has 0 saturated carbocycles. The van der Waals surface area contributed by atoms with E-state index in [2.05, 4.69) is 13.8 Å². The maximum absolute atomic E-state index is 12.2. The van der Waals surface area contributed by atoms with E-state index in [1.54, 1.807) is 0 Å². The first-order valence-electron chi connectivity index (χ1n) is 8.23. The quantitative estimate of drug-likeness (QED) is 0.483. The Labute approximate surface area is 138 Å². The van der Waals surface area contributed by atoms with E-state index in [1.165, 1.54) is 0 Å². The Bertz CT molecular complexity index is 420. The van der Waals surface area contributed by atoms with Gasteiger partial charge in [-0.25, -0.2) is 0 Å². The molecule has 5 heteroatoms. The van der Waals surface area contributed by atoms with Crippen molar-refractivity contribution < 1.29 is 14.6 Å². The van der Waals surface area contributed by atoms with Gasteiger partial charge >= 0.3 is 0 Å². The first-order chi connectivity index (χ1) is 10.5. The van der Waals surface area contributed by atoms with E-state index >= 15 is 0 Å². The molecule has 22 heavy (non-hydrogen) atoms. The molecule has 0 fully saturated rings. The minimum Gasteiger partial charge on any atom is -0.512 e. The zero-order chi connectivity index (χ0) is 16.5. The third-order valence-corrected chi connectivity index (χ3v) is 5.00. The van der Waals surface area contributed by atoms with E-state index in [1.807, 2.05) is 18.7 Å². The Morgan fingerprint density at radius 2 is 2.18 bits per heavy atom. The van der Waals surface area contributed by atoms with Gasteiger partial charge in [0.2, 0.25) is 0 Å². The number of allylic oxidation sites excluding steroid dienone is 2. The van der Waals surface area contributed by atoms with Crippen molar-refractivity contribution in [1.82, 2.24) is 0 Å². The van der Waals surface area contributed by atoms with E-state index in [0.29, 0.717) is 49.5 Å². The molecule has 1 aliphatic carbocycles. The first-order valence-corrected chi connectivity index (χ1v) is 9.28. The Morgan fingerprint density at radius 3 is 2.77 bits per heavy atom. The van der Waals surface area contributed by atoms with Crippen LogP contribution in [0.3, 0.4) is 0 Å². The lowest BCUT2D eigenvalue weighted by Gasteiger charge is -2.25. The number of carbonyl (C=O) groups is 1. The van der Waals surface area contributed by atoms with Crippen molar-refractivity contribution in [3.8, 4) is 0 Å². The molecule has 0 aromatic rings. The summed E-state index contributed by atoms with van der Waals surface area (Å²) >= 11 is 1.90. The summed E-state index contributed by atoms with van der Waals surface area (Å²) in [5.74, 6) is 1.98. The molecular formula is C17H29NO3S. The van der Waals surface area contributed by atoms with Crippen LogP contribution in [0, 0.1) is 11.3 Å². The fraction of sp³-hybridized carbons (Fsp3) is 0.765. The van der Waals surface area contributed by atoms with Gasteiger partial charge in [-0.1, -0.05) is 13.8 Å². The fourth-order valence-corrected chi connectivity index (χ4v) is 3.94. The lowest BCUT2D eigenvalue weighted by molar-refractivity contribution is -0.117. The van der Waals surface area contributed by atoms with Crippen LogP contribution >= 0.6 is 11.8 Å². The summed E-state index contributed by atoms with van der Waals surface area (Å²) in [6.45, 7) is 6.68. The molecule has 0 radical (unpaired) electrons. The highest BCUT2D eigenvalue weighted by Crippen LogP contribution is 2.33. The summed E-state index contributed by atoms with van der Waals surface area (Å²) in [4.78, 5) is 12.2. The fourth-order valence-electron chi connectivity index (χ4n) is 2.96. The molecule has 1 rings (SSSR count). The maximum atomic E-state index is 12.2. The van der Waals surface area contributed by atoms with Crippen LogP contribution in [-0.4, -0.2) is 34.4 Å². The lowest BCUT2D eigenvalue weighted by atomic mass is 9.83. The van der Waals surface area contributed by atoms with E-state index in [9.17, 15) is 9.90 Å². The van der Waals surface area contributed by atoms with Crippen molar-refractivity contribution in [2.75, 3.05) is 12.4 Å². The molecule has 0 aliphatic heterocycles. The molecule has 0 aromatic heterocycles. The number of hydrogen-bond donors (Lipinski definition) is 2. The Balaban J connectivity index is 2.48. The van der Waals surface area contributed by atoms with E-state index in [0.717, 1.165) is 12.2 Å². The number of ether oxygens (including phenoxy) is 1. The van der Waals surface area contributed by atoms with Crippen LogP contribution in [0.4, 0.5) is 0 Å². The van der Waals surface area contributed by atoms with Gasteiger partial charge in [0.1, 0.15) is 0 Å². The summed E-state index contributed by atoms with van der Waals surface area (Å²) in [6.07, 6.45) is 3.90. The highest BCUT2D eigenvalue weighted by atomic mass is 32.2. The van der Waals surface area contributed by atoms with Crippen molar-refractivity contribution in [2.45, 2.75) is 64.5 Å². The third-order valence-electron chi connectivity index (χ3n) is 3.91. The Morgan fingerprint density at radius 1 is 1.45 bits per heavy atom. The van der Waals surface area contributed by atoms with Gasteiger partial charge < -0.3 is 9.84 Å². The van der Waals surface area contributed by atoms with Gasteiger partial charge in [0, 0.05) is 30.1 Å². The Kier molecular flexibility index (Phi) is 8.61. The summed E-state index contributed by atoms with van der Waals surface area (Å²) in [5.41, 5.74) is 0.580. The van der Waals surface area contributed by atoms with Gasteiger partial charge in [0.25, 0.3) is 0 Å². The molecule has 1 aliphatic rings. The van der Waals surface area contributed by atoms with Gasteiger partial charge in [-0.15, -0.1) is 0 Å². The van der Waals surface area contributed by atoms with Gasteiger partial charge in [0.15, 0.2) is 11.7 Å². The summed E-state index contributed by atoms with van der Waals surface area (Å²) in [7, 11) is 0. The molecule has 0 heterocycles. The van der Waals surface area contributed by atoms with Crippen LogP contribution in [0.2, 0.25) is 0 Å². The monoisotopic (exact) mass is 327 g/mol. The number of Topliss-reactive ketones (excluding diaryl/α,β-unsaturated/α-hetero) is 1. The average molecular weight is 327 g/mol. The smallest absolute Gasteiger partial charge is 0.180 e. The summed E-state index contributed by atoms with van der Waals surface area (Å²) in [6, 6.07) is 0. The van der Waals surface area contributed by atoms with Crippen LogP contribution in [-0.2, 0) is 9.53 Å². The number of ketones is 1. The van der Waals surface area contributed by atoms with Gasteiger partial charge in [-0.2, -0.15) is 11.8 Å². The summed E-state index contributed by atoms with van der Waals surface area (Å²) < 4.78 is 5.09. The number of nitrogens with one attached hydrogen (secondary N) is 1. The van der Waals surface area contributed by atoms with Crippen molar-refractivity contribution in [1.29, 1.82) is 5.41 Å². The Hall–Kier alpha value is -0.970. The molecule has 0 bridgehead atoms. The van der Waals surface area contributed by atoms with Crippen LogP contribution in [0.15, 0.2) is 11.3 Å². The van der Waals surface area contributed by atoms with Crippen LogP contribution < -0.4 is 0 Å². The second-order valence-electron chi connectivity index (χ2n) is 5.83. The van der Waals surface area contributed by atoms with Gasteiger partial charge in [-0.3, -0.25) is 10.2 Å². The highest BCUT2D eigenvalue weighted by Gasteiger charge is 2.28. The normalized spacial score (nSPS) is 20.1. The largest absolute Gasteiger partial charge is 0.512 e. The molecular weight excluding hydrogens is 298 g/mol. The van der Waals surface area contributed by atoms with Gasteiger partial charge in [0.05, 0.1) is 12.4 Å². The molecule has 0 spiro atoms. The van der Waals surface area contributed by atoms with Crippen LogP contribution in [0.1, 0.15) is 59.3 Å². The summed E-state index contributed by atoms with van der Waals surface area (Å²) in [5, 5.41) is 18.3. The average Bonchev–Trinajstić information content (AvgIpc) is 2.42. The van der Waals surface area contributed by atoms with Crippen molar-refractivity contribution in [2.24, 2.45) is 5.92 Å². The number of carbonyl (C=O) groups excluding carboxylic acids is 1. The first kappa shape index (κ1) is 19.1. The zero-order valence-corrected chi connectivity index (χ0v) is 14.8. The molecule has 4 nitrogen and oxygen atoms in total. The van der Waals surface area contributed by atoms with Crippen molar-refractivity contribution in [3.05, 3.63) is 11.3 Å². The third kappa shape index (κ3) is 6.42. The second kappa shape index (κ2) is 9.93. The number of aliphatic hydroxyl groups excluding tert-OH is 1. The highest BCUT2D eigenvalue weighted by molar-refractivity contribution is 7.99. The minimum absolute atomic E-state index is 0.0883. The van der Waals surface area contributed by atoms with E-state index in [4.69, 9.17) is 10.1 Å². The lowest BCUT2D eigenvalue weighted by Crippen LogP contribution is -2.22. The van der Waals surface area contributed by atoms with Gasteiger partial charge in [-0.05, 0) is 37.9 Å². The van der Waals surface area contributed by atoms with E-state index < -0.39 is 0 Å². The van der Waals surface area contributed by atoms with Crippen LogP contribution in [0.5, 0.6) is 0 Å². The number of hydrogen-bond acceptors (Lipinski definition) is 5. The number of thioether (sulfide) groups is 1. The van der Waals surface area contributed by atoms with Crippen molar-refractivity contribution in [3.63, 3.8) is 0 Å².